The van der Waals surface area contributed by atoms with Crippen molar-refractivity contribution in [2.24, 2.45) is 0 Å². The first-order valence-corrected chi connectivity index (χ1v) is 7.85. The van der Waals surface area contributed by atoms with Crippen molar-refractivity contribution >= 4 is 38.9 Å². The summed E-state index contributed by atoms with van der Waals surface area (Å²) in [6.07, 6.45) is 3.83. The number of anilines is 2. The average Bonchev–Trinajstić information content (AvgIpc) is 3.08. The van der Waals surface area contributed by atoms with Crippen LogP contribution in [0.25, 0.3) is 27.4 Å². The molecule has 24 heavy (non-hydrogen) atoms. The zero-order valence-corrected chi connectivity index (χ0v) is 13.5. The molecule has 0 saturated heterocycles. The van der Waals surface area contributed by atoms with Gasteiger partial charge in [0.2, 0.25) is 0 Å². The molecule has 2 aromatic heterocycles. The predicted octanol–water partition coefficient (Wildman–Crippen LogP) is 4.67. The van der Waals surface area contributed by atoms with Gasteiger partial charge in [0.05, 0.1) is 17.2 Å². The number of nitrogens with one attached hydrogen (secondary N) is 2. The molecule has 118 valence electrons. The Bertz CT molecular complexity index is 1060. The lowest BCUT2D eigenvalue weighted by Gasteiger charge is -2.11. The molecule has 4 aromatic rings. The Morgan fingerprint density at radius 3 is 2.88 bits per heavy atom. The first-order valence-electron chi connectivity index (χ1n) is 7.85. The quantitative estimate of drug-likeness (QED) is 0.576. The standard InChI is InChI=1S/C19H17N5/c1-3-12(2)18-22-17-7-5-4-6-15(17)19(23-18)21-14-8-9-16-13(10-14)11-20-24-16/h3-11H,1-2H3,(H,20,24)(H,21,22,23)/b12-3+. The van der Waals surface area contributed by atoms with Crippen LogP contribution >= 0.6 is 0 Å². The molecular formula is C19H17N5. The van der Waals surface area contributed by atoms with E-state index in [4.69, 9.17) is 4.98 Å². The van der Waals surface area contributed by atoms with Gasteiger partial charge in [-0.2, -0.15) is 5.10 Å². The SMILES string of the molecule is C/C=C(\C)c1nc(Nc2ccc3[nH]ncc3c2)c2ccccc2n1. The lowest BCUT2D eigenvalue weighted by Crippen LogP contribution is -2.00. The van der Waals surface area contributed by atoms with Crippen LogP contribution in [0.15, 0.2) is 54.7 Å². The number of para-hydroxylation sites is 1. The molecule has 0 unspecified atom stereocenters. The third-order valence-electron chi connectivity index (χ3n) is 4.09. The van der Waals surface area contributed by atoms with Crippen LogP contribution in [0, 0.1) is 0 Å². The highest BCUT2D eigenvalue weighted by atomic mass is 15.1. The Morgan fingerprint density at radius 1 is 1.12 bits per heavy atom. The van der Waals surface area contributed by atoms with Crippen molar-refractivity contribution in [2.45, 2.75) is 13.8 Å². The summed E-state index contributed by atoms with van der Waals surface area (Å²) in [5.74, 6) is 1.54. The number of benzene rings is 2. The van der Waals surface area contributed by atoms with Crippen molar-refractivity contribution in [1.29, 1.82) is 0 Å². The first kappa shape index (κ1) is 14.4. The molecule has 0 aliphatic carbocycles. The summed E-state index contributed by atoms with van der Waals surface area (Å²) in [5, 5.41) is 12.5. The number of rotatable bonds is 3. The molecule has 2 N–H and O–H groups in total. The molecular weight excluding hydrogens is 298 g/mol. The lowest BCUT2D eigenvalue weighted by molar-refractivity contribution is 1.12. The largest absolute Gasteiger partial charge is 0.340 e. The van der Waals surface area contributed by atoms with Gasteiger partial charge in [-0.1, -0.05) is 18.2 Å². The van der Waals surface area contributed by atoms with Gasteiger partial charge >= 0.3 is 0 Å². The molecule has 0 fully saturated rings. The molecule has 0 saturated carbocycles. The van der Waals surface area contributed by atoms with Gasteiger partial charge in [-0.25, -0.2) is 9.97 Å². The summed E-state index contributed by atoms with van der Waals surface area (Å²) in [6.45, 7) is 4.01. The van der Waals surface area contributed by atoms with Crippen LogP contribution in [-0.2, 0) is 0 Å². The molecule has 0 amide bonds. The molecule has 0 aliphatic rings. The minimum atomic E-state index is 0.739. The minimum Gasteiger partial charge on any atom is -0.340 e. The Balaban J connectivity index is 1.84. The van der Waals surface area contributed by atoms with Gasteiger partial charge in [0.15, 0.2) is 5.82 Å². The zero-order valence-electron chi connectivity index (χ0n) is 13.5. The summed E-state index contributed by atoms with van der Waals surface area (Å²) in [5.41, 5.74) is 3.96. The Labute approximate surface area is 139 Å². The molecule has 0 aliphatic heterocycles. The van der Waals surface area contributed by atoms with Crippen LogP contribution in [0.3, 0.4) is 0 Å². The topological polar surface area (TPSA) is 66.5 Å². The minimum absolute atomic E-state index is 0.739. The maximum absolute atomic E-state index is 4.72. The normalized spacial score (nSPS) is 12.0. The van der Waals surface area contributed by atoms with Crippen molar-refractivity contribution in [1.82, 2.24) is 20.2 Å². The number of hydrogen-bond donors (Lipinski definition) is 2. The van der Waals surface area contributed by atoms with Gasteiger partial charge in [0.25, 0.3) is 0 Å². The third kappa shape index (κ3) is 2.50. The predicted molar refractivity (Wildman–Crippen MR) is 98.2 cm³/mol. The van der Waals surface area contributed by atoms with Gasteiger partial charge in [0, 0.05) is 16.5 Å². The van der Waals surface area contributed by atoms with Crippen LogP contribution in [0.4, 0.5) is 11.5 Å². The molecule has 0 spiro atoms. The summed E-state index contributed by atoms with van der Waals surface area (Å²) >= 11 is 0. The number of hydrogen-bond acceptors (Lipinski definition) is 4. The van der Waals surface area contributed by atoms with E-state index < -0.39 is 0 Å². The second-order valence-corrected chi connectivity index (χ2v) is 5.68. The molecule has 0 atom stereocenters. The number of aromatic nitrogens is 4. The van der Waals surface area contributed by atoms with E-state index in [-0.39, 0.29) is 0 Å². The second kappa shape index (κ2) is 5.77. The Morgan fingerprint density at radius 2 is 2.00 bits per heavy atom. The van der Waals surface area contributed by atoms with Crippen LogP contribution in [0.1, 0.15) is 19.7 Å². The van der Waals surface area contributed by atoms with Gasteiger partial charge in [-0.3, -0.25) is 5.10 Å². The van der Waals surface area contributed by atoms with E-state index in [1.165, 1.54) is 0 Å². The van der Waals surface area contributed by atoms with Gasteiger partial charge < -0.3 is 5.32 Å². The van der Waals surface area contributed by atoms with Crippen LogP contribution in [0.5, 0.6) is 0 Å². The Hall–Kier alpha value is -3.21. The third-order valence-corrected chi connectivity index (χ3v) is 4.09. The molecule has 2 aromatic carbocycles. The maximum Gasteiger partial charge on any atom is 0.157 e. The van der Waals surface area contributed by atoms with Crippen molar-refractivity contribution in [3.8, 4) is 0 Å². The summed E-state index contributed by atoms with van der Waals surface area (Å²) in [6, 6.07) is 14.1. The van der Waals surface area contributed by atoms with Crippen molar-refractivity contribution < 1.29 is 0 Å². The van der Waals surface area contributed by atoms with Crippen LogP contribution < -0.4 is 5.32 Å². The van der Waals surface area contributed by atoms with E-state index in [0.717, 1.165) is 44.7 Å². The molecule has 4 rings (SSSR count). The number of H-pyrrole nitrogens is 1. The smallest absolute Gasteiger partial charge is 0.157 e. The number of nitrogens with zero attached hydrogens (tertiary/aromatic N) is 3. The summed E-state index contributed by atoms with van der Waals surface area (Å²) in [4.78, 5) is 9.38. The maximum atomic E-state index is 4.72. The molecule has 0 radical (unpaired) electrons. The zero-order chi connectivity index (χ0) is 16.5. The monoisotopic (exact) mass is 315 g/mol. The number of aromatic amines is 1. The molecule has 0 bridgehead atoms. The number of allylic oxidation sites excluding steroid dienone is 2. The van der Waals surface area contributed by atoms with E-state index in [1.54, 1.807) is 0 Å². The molecule has 5 heteroatoms. The van der Waals surface area contributed by atoms with Crippen LogP contribution in [0.2, 0.25) is 0 Å². The van der Waals surface area contributed by atoms with E-state index in [2.05, 4.69) is 26.6 Å². The molecule has 5 nitrogen and oxygen atoms in total. The van der Waals surface area contributed by atoms with Gasteiger partial charge in [0.1, 0.15) is 5.82 Å². The van der Waals surface area contributed by atoms with Gasteiger partial charge in [-0.05, 0) is 49.8 Å². The van der Waals surface area contributed by atoms with Crippen molar-refractivity contribution in [3.63, 3.8) is 0 Å². The highest BCUT2D eigenvalue weighted by Crippen LogP contribution is 2.27. The van der Waals surface area contributed by atoms with Crippen LogP contribution in [-0.4, -0.2) is 20.2 Å². The Kier molecular flexibility index (Phi) is 3.46. The fourth-order valence-corrected chi connectivity index (χ4v) is 2.63. The lowest BCUT2D eigenvalue weighted by atomic mass is 10.2. The van der Waals surface area contributed by atoms with E-state index in [0.29, 0.717) is 0 Å². The van der Waals surface area contributed by atoms with Gasteiger partial charge in [-0.15, -0.1) is 0 Å². The highest BCUT2D eigenvalue weighted by molar-refractivity contribution is 5.92. The van der Waals surface area contributed by atoms with E-state index in [1.807, 2.05) is 62.5 Å². The average molecular weight is 315 g/mol. The second-order valence-electron chi connectivity index (χ2n) is 5.68. The van der Waals surface area contributed by atoms with E-state index in [9.17, 15) is 0 Å². The van der Waals surface area contributed by atoms with Crippen molar-refractivity contribution in [3.05, 3.63) is 60.6 Å². The summed E-state index contributed by atoms with van der Waals surface area (Å²) < 4.78 is 0. The van der Waals surface area contributed by atoms with Crippen molar-refractivity contribution in [2.75, 3.05) is 5.32 Å². The number of fused-ring (bicyclic) bond motifs is 2. The fourth-order valence-electron chi connectivity index (χ4n) is 2.63. The summed E-state index contributed by atoms with van der Waals surface area (Å²) in [7, 11) is 0. The highest BCUT2D eigenvalue weighted by Gasteiger charge is 2.09. The van der Waals surface area contributed by atoms with E-state index >= 15 is 0 Å². The first-order chi connectivity index (χ1) is 11.7. The molecule has 2 heterocycles. The fraction of sp³-hybridized carbons (Fsp3) is 0.105.